The van der Waals surface area contributed by atoms with Crippen LogP contribution in [0.25, 0.3) is 0 Å². The highest BCUT2D eigenvalue weighted by Gasteiger charge is 2.35. The van der Waals surface area contributed by atoms with Crippen LogP contribution in [0.15, 0.2) is 28.7 Å². The van der Waals surface area contributed by atoms with E-state index < -0.39 is 5.60 Å². The SMILES string of the molecule is CCCC(CN)C(O)(CC)c1cccc(Br)c1. The lowest BCUT2D eigenvalue weighted by atomic mass is 9.77. The average Bonchev–Trinajstić information content (AvgIpc) is 2.35. The number of nitrogens with two attached hydrogens (primary N) is 1. The minimum Gasteiger partial charge on any atom is -0.385 e. The van der Waals surface area contributed by atoms with Crippen LogP contribution < -0.4 is 5.73 Å². The molecule has 1 aromatic carbocycles. The predicted molar refractivity (Wildman–Crippen MR) is 75.8 cm³/mol. The first-order chi connectivity index (χ1) is 8.08. The van der Waals surface area contributed by atoms with E-state index in [2.05, 4.69) is 22.9 Å². The van der Waals surface area contributed by atoms with E-state index in [0.717, 1.165) is 22.9 Å². The molecule has 0 fully saturated rings. The smallest absolute Gasteiger partial charge is 0.0934 e. The number of rotatable bonds is 6. The van der Waals surface area contributed by atoms with Crippen LogP contribution in [0.4, 0.5) is 0 Å². The molecule has 2 unspecified atom stereocenters. The molecule has 0 radical (unpaired) electrons. The maximum absolute atomic E-state index is 10.9. The van der Waals surface area contributed by atoms with E-state index in [1.54, 1.807) is 0 Å². The molecule has 0 saturated heterocycles. The minimum absolute atomic E-state index is 0.117. The third-order valence-corrected chi connectivity index (χ3v) is 3.95. The van der Waals surface area contributed by atoms with E-state index in [1.807, 2.05) is 31.2 Å². The van der Waals surface area contributed by atoms with Crippen LogP contribution >= 0.6 is 15.9 Å². The average molecular weight is 300 g/mol. The molecular weight excluding hydrogens is 278 g/mol. The summed E-state index contributed by atoms with van der Waals surface area (Å²) in [5, 5.41) is 10.9. The molecule has 3 heteroatoms. The Labute approximate surface area is 112 Å². The summed E-state index contributed by atoms with van der Waals surface area (Å²) < 4.78 is 0.995. The Morgan fingerprint density at radius 1 is 1.41 bits per heavy atom. The number of aliphatic hydroxyl groups is 1. The van der Waals surface area contributed by atoms with Crippen LogP contribution in [0.3, 0.4) is 0 Å². The topological polar surface area (TPSA) is 46.2 Å². The summed E-state index contributed by atoms with van der Waals surface area (Å²) in [6.45, 7) is 4.66. The summed E-state index contributed by atoms with van der Waals surface area (Å²) in [6.07, 6.45) is 2.68. The van der Waals surface area contributed by atoms with Gasteiger partial charge in [0.05, 0.1) is 5.60 Å². The zero-order valence-electron chi connectivity index (χ0n) is 10.6. The minimum atomic E-state index is -0.811. The number of benzene rings is 1. The first kappa shape index (κ1) is 14.7. The fourth-order valence-electron chi connectivity index (χ4n) is 2.39. The van der Waals surface area contributed by atoms with Gasteiger partial charge in [0.15, 0.2) is 0 Å². The third kappa shape index (κ3) is 3.30. The van der Waals surface area contributed by atoms with Crippen molar-refractivity contribution in [3.63, 3.8) is 0 Å². The molecule has 0 amide bonds. The molecule has 2 atom stereocenters. The predicted octanol–water partition coefficient (Wildman–Crippen LogP) is 3.42. The lowest BCUT2D eigenvalue weighted by molar-refractivity contribution is -0.0283. The standard InChI is InChI=1S/C14H22BrNO/c1-3-6-12(10-16)14(17,4-2)11-7-5-8-13(15)9-11/h5,7-9,12,17H,3-4,6,10,16H2,1-2H3. The van der Waals surface area contributed by atoms with Gasteiger partial charge in [0.2, 0.25) is 0 Å². The Balaban J connectivity index is 3.09. The Morgan fingerprint density at radius 2 is 2.12 bits per heavy atom. The zero-order valence-corrected chi connectivity index (χ0v) is 12.2. The van der Waals surface area contributed by atoms with Crippen LogP contribution in [-0.4, -0.2) is 11.7 Å². The first-order valence-electron chi connectivity index (χ1n) is 6.27. The van der Waals surface area contributed by atoms with Gasteiger partial charge in [0.25, 0.3) is 0 Å². The Morgan fingerprint density at radius 3 is 2.59 bits per heavy atom. The van der Waals surface area contributed by atoms with Gasteiger partial charge in [-0.25, -0.2) is 0 Å². The van der Waals surface area contributed by atoms with Gasteiger partial charge >= 0.3 is 0 Å². The monoisotopic (exact) mass is 299 g/mol. The molecule has 1 aromatic rings. The second-order valence-electron chi connectivity index (χ2n) is 4.51. The Bertz CT molecular complexity index is 356. The normalized spacial score (nSPS) is 16.5. The van der Waals surface area contributed by atoms with Gasteiger partial charge in [-0.3, -0.25) is 0 Å². The second-order valence-corrected chi connectivity index (χ2v) is 5.43. The summed E-state index contributed by atoms with van der Waals surface area (Å²) in [6, 6.07) is 7.89. The molecule has 2 nitrogen and oxygen atoms in total. The molecule has 0 aliphatic heterocycles. The molecule has 0 saturated carbocycles. The molecule has 3 N–H and O–H groups in total. The molecule has 0 aromatic heterocycles. The largest absolute Gasteiger partial charge is 0.385 e. The quantitative estimate of drug-likeness (QED) is 0.845. The second kappa shape index (κ2) is 6.53. The molecule has 96 valence electrons. The maximum Gasteiger partial charge on any atom is 0.0934 e. The maximum atomic E-state index is 10.9. The highest BCUT2D eigenvalue weighted by molar-refractivity contribution is 9.10. The number of hydrogen-bond donors (Lipinski definition) is 2. The highest BCUT2D eigenvalue weighted by Crippen LogP contribution is 2.36. The van der Waals surface area contributed by atoms with E-state index in [4.69, 9.17) is 5.73 Å². The van der Waals surface area contributed by atoms with Crippen LogP contribution in [-0.2, 0) is 5.60 Å². The lowest BCUT2D eigenvalue weighted by Crippen LogP contribution is -2.39. The lowest BCUT2D eigenvalue weighted by Gasteiger charge is -2.35. The van der Waals surface area contributed by atoms with Gasteiger partial charge in [0, 0.05) is 10.4 Å². The molecule has 17 heavy (non-hydrogen) atoms. The summed E-state index contributed by atoms with van der Waals surface area (Å²) in [5.41, 5.74) is 5.97. The van der Waals surface area contributed by atoms with E-state index in [-0.39, 0.29) is 5.92 Å². The first-order valence-corrected chi connectivity index (χ1v) is 7.06. The molecule has 0 aliphatic carbocycles. The third-order valence-electron chi connectivity index (χ3n) is 3.46. The molecule has 0 heterocycles. The highest BCUT2D eigenvalue weighted by atomic mass is 79.9. The van der Waals surface area contributed by atoms with Crippen molar-refractivity contribution in [3.05, 3.63) is 34.3 Å². The summed E-state index contributed by atoms with van der Waals surface area (Å²) in [7, 11) is 0. The van der Waals surface area contributed by atoms with E-state index in [0.29, 0.717) is 13.0 Å². The molecule has 0 aliphatic rings. The summed E-state index contributed by atoms with van der Waals surface area (Å²) in [5.74, 6) is 0.117. The molecular formula is C14H22BrNO. The van der Waals surface area contributed by atoms with Crippen molar-refractivity contribution in [2.24, 2.45) is 11.7 Å². The molecule has 0 bridgehead atoms. The number of halogens is 1. The van der Waals surface area contributed by atoms with Crippen LogP contribution in [0.5, 0.6) is 0 Å². The molecule has 1 rings (SSSR count). The number of hydrogen-bond acceptors (Lipinski definition) is 2. The summed E-state index contributed by atoms with van der Waals surface area (Å²) >= 11 is 3.45. The van der Waals surface area contributed by atoms with E-state index in [1.165, 1.54) is 0 Å². The van der Waals surface area contributed by atoms with E-state index in [9.17, 15) is 5.11 Å². The summed E-state index contributed by atoms with van der Waals surface area (Å²) in [4.78, 5) is 0. The van der Waals surface area contributed by atoms with E-state index >= 15 is 0 Å². The van der Waals surface area contributed by atoms with Gasteiger partial charge in [-0.15, -0.1) is 0 Å². The zero-order chi connectivity index (χ0) is 12.9. The van der Waals surface area contributed by atoms with Crippen molar-refractivity contribution in [2.45, 2.75) is 38.7 Å². The van der Waals surface area contributed by atoms with Crippen molar-refractivity contribution in [1.82, 2.24) is 0 Å². The van der Waals surface area contributed by atoms with Crippen molar-refractivity contribution in [2.75, 3.05) is 6.54 Å². The van der Waals surface area contributed by atoms with Crippen molar-refractivity contribution in [1.29, 1.82) is 0 Å². The van der Waals surface area contributed by atoms with Crippen molar-refractivity contribution >= 4 is 15.9 Å². The van der Waals surface area contributed by atoms with Gasteiger partial charge in [-0.05, 0) is 37.1 Å². The van der Waals surface area contributed by atoms with Gasteiger partial charge in [-0.2, -0.15) is 0 Å². The fourth-order valence-corrected chi connectivity index (χ4v) is 2.79. The van der Waals surface area contributed by atoms with Crippen LogP contribution in [0.1, 0.15) is 38.7 Å². The van der Waals surface area contributed by atoms with Gasteiger partial charge in [-0.1, -0.05) is 48.3 Å². The fraction of sp³-hybridized carbons (Fsp3) is 0.571. The van der Waals surface area contributed by atoms with Crippen molar-refractivity contribution in [3.8, 4) is 0 Å². The van der Waals surface area contributed by atoms with Crippen molar-refractivity contribution < 1.29 is 5.11 Å². The van der Waals surface area contributed by atoms with Gasteiger partial charge < -0.3 is 10.8 Å². The Hall–Kier alpha value is -0.380. The van der Waals surface area contributed by atoms with Crippen LogP contribution in [0, 0.1) is 5.92 Å². The molecule has 0 spiro atoms. The van der Waals surface area contributed by atoms with Gasteiger partial charge in [0.1, 0.15) is 0 Å². The Kier molecular flexibility index (Phi) is 5.63. The van der Waals surface area contributed by atoms with Crippen LogP contribution in [0.2, 0.25) is 0 Å².